The van der Waals surface area contributed by atoms with Crippen molar-refractivity contribution in [3.63, 3.8) is 0 Å². The third kappa shape index (κ3) is 0.968. The van der Waals surface area contributed by atoms with Crippen molar-refractivity contribution < 1.29 is 4.11 Å². The van der Waals surface area contributed by atoms with E-state index >= 15 is 0 Å². The molecule has 0 aromatic carbocycles. The van der Waals surface area contributed by atoms with Crippen LogP contribution in [0.25, 0.3) is 0 Å². The summed E-state index contributed by atoms with van der Waals surface area (Å²) in [7, 11) is 0. The van der Waals surface area contributed by atoms with Gasteiger partial charge < -0.3 is 4.90 Å². The molecule has 1 saturated heterocycles. The molecule has 2 atom stereocenters. The molecular formula is C9H17N. The number of nitrogens with zero attached hydrogens (tertiary/aromatic N) is 1. The zero-order valence-electron chi connectivity index (χ0n) is 9.34. The number of rotatable bonds is 0. The highest BCUT2D eigenvalue weighted by atomic mass is 15.2. The van der Waals surface area contributed by atoms with Gasteiger partial charge in [0.15, 0.2) is 0 Å². The first-order valence-corrected chi connectivity index (χ1v) is 4.36. The van der Waals surface area contributed by atoms with E-state index in [0.717, 1.165) is 19.4 Å². The van der Waals surface area contributed by atoms with Gasteiger partial charge in [0.2, 0.25) is 0 Å². The predicted octanol–water partition coefficient (Wildman–Crippen LogP) is 1.88. The Morgan fingerprint density at radius 1 is 1.30 bits per heavy atom. The molecule has 1 heterocycles. The van der Waals surface area contributed by atoms with E-state index in [-0.39, 0.29) is 0 Å². The van der Waals surface area contributed by atoms with Crippen molar-refractivity contribution in [2.24, 2.45) is 5.92 Å². The van der Waals surface area contributed by atoms with Gasteiger partial charge in [0, 0.05) is 10.2 Å². The molecule has 1 heteroatoms. The van der Waals surface area contributed by atoms with E-state index in [0.29, 0.717) is 12.0 Å². The van der Waals surface area contributed by atoms with Crippen molar-refractivity contribution in [1.29, 1.82) is 0 Å². The summed E-state index contributed by atoms with van der Waals surface area (Å²) in [5, 5.41) is 0. The standard InChI is InChI=1S/C9H17N/c1-10-7-6-8-4-2-3-5-9(8)10/h8-9H,2-7H2,1H3/t8-,9-/m1/s1/i1D3. The fourth-order valence-electron chi connectivity index (χ4n) is 2.41. The van der Waals surface area contributed by atoms with Gasteiger partial charge in [-0.05, 0) is 38.7 Å². The largest absolute Gasteiger partial charge is 0.303 e. The molecular weight excluding hydrogens is 122 g/mol. The minimum absolute atomic E-state index is 0.362. The summed E-state index contributed by atoms with van der Waals surface area (Å²) in [6.45, 7) is -1.07. The van der Waals surface area contributed by atoms with Crippen LogP contribution in [0.2, 0.25) is 0 Å². The second-order valence-electron chi connectivity index (χ2n) is 3.59. The third-order valence-electron chi connectivity index (χ3n) is 3.01. The summed E-state index contributed by atoms with van der Waals surface area (Å²) in [6, 6.07) is 0.362. The fourth-order valence-corrected chi connectivity index (χ4v) is 2.41. The van der Waals surface area contributed by atoms with E-state index < -0.39 is 6.98 Å². The molecule has 0 spiro atoms. The van der Waals surface area contributed by atoms with Crippen LogP contribution in [-0.2, 0) is 0 Å². The topological polar surface area (TPSA) is 3.24 Å². The van der Waals surface area contributed by atoms with Crippen LogP contribution in [0.4, 0.5) is 0 Å². The normalized spacial score (nSPS) is 47.4. The SMILES string of the molecule is [2H]C([2H])([2H])N1CC[C@H]2CCCC[C@H]21. The van der Waals surface area contributed by atoms with Gasteiger partial charge in [0.25, 0.3) is 0 Å². The van der Waals surface area contributed by atoms with Crippen LogP contribution in [-0.4, -0.2) is 24.5 Å². The second kappa shape index (κ2) is 2.54. The minimum atomic E-state index is -1.85. The molecule has 0 aromatic rings. The molecule has 10 heavy (non-hydrogen) atoms. The molecule has 2 aliphatic rings. The Bertz CT molecular complexity index is 190. The molecule has 1 aliphatic heterocycles. The average Bonchev–Trinajstić information content (AvgIpc) is 2.45. The third-order valence-corrected chi connectivity index (χ3v) is 3.01. The summed E-state index contributed by atoms with van der Waals surface area (Å²) in [4.78, 5) is 1.75. The Morgan fingerprint density at radius 3 is 3.10 bits per heavy atom. The Balaban J connectivity index is 2.07. The Hall–Kier alpha value is -0.0400. The van der Waals surface area contributed by atoms with Gasteiger partial charge in [-0.25, -0.2) is 0 Å². The molecule has 0 aromatic heterocycles. The molecule has 58 valence electrons. The lowest BCUT2D eigenvalue weighted by molar-refractivity contribution is 0.215. The van der Waals surface area contributed by atoms with E-state index in [4.69, 9.17) is 4.11 Å². The van der Waals surface area contributed by atoms with Crippen molar-refractivity contribution >= 4 is 0 Å². The molecule has 2 fully saturated rings. The van der Waals surface area contributed by atoms with Crippen LogP contribution >= 0.6 is 0 Å². The lowest BCUT2D eigenvalue weighted by Gasteiger charge is -2.28. The van der Waals surface area contributed by atoms with E-state index in [1.165, 1.54) is 19.3 Å². The Kier molecular flexibility index (Phi) is 1.04. The maximum absolute atomic E-state index is 7.41. The van der Waals surface area contributed by atoms with Gasteiger partial charge >= 0.3 is 0 Å². The first kappa shape index (κ1) is 4.10. The van der Waals surface area contributed by atoms with Crippen molar-refractivity contribution in [2.75, 3.05) is 13.5 Å². The number of hydrogen-bond donors (Lipinski definition) is 0. The van der Waals surface area contributed by atoms with E-state index in [2.05, 4.69) is 0 Å². The molecule has 0 amide bonds. The monoisotopic (exact) mass is 142 g/mol. The zero-order chi connectivity index (χ0) is 9.47. The van der Waals surface area contributed by atoms with Gasteiger partial charge in [-0.15, -0.1) is 0 Å². The summed E-state index contributed by atoms with van der Waals surface area (Å²) in [5.41, 5.74) is 0. The highest BCUT2D eigenvalue weighted by Gasteiger charge is 2.32. The average molecular weight is 142 g/mol. The molecule has 1 nitrogen and oxygen atoms in total. The van der Waals surface area contributed by atoms with Gasteiger partial charge in [0.05, 0.1) is 0 Å². The fraction of sp³-hybridized carbons (Fsp3) is 1.00. The van der Waals surface area contributed by atoms with Crippen LogP contribution in [0.1, 0.15) is 36.2 Å². The first-order chi connectivity index (χ1) is 6.09. The van der Waals surface area contributed by atoms with Crippen LogP contribution in [0.15, 0.2) is 0 Å². The smallest absolute Gasteiger partial charge is 0.0394 e. The molecule has 0 bridgehead atoms. The van der Waals surface area contributed by atoms with Crippen molar-refractivity contribution in [2.45, 2.75) is 38.1 Å². The predicted molar refractivity (Wildman–Crippen MR) is 43.0 cm³/mol. The minimum Gasteiger partial charge on any atom is -0.303 e. The van der Waals surface area contributed by atoms with Crippen molar-refractivity contribution in [3.05, 3.63) is 0 Å². The molecule has 1 saturated carbocycles. The van der Waals surface area contributed by atoms with Crippen molar-refractivity contribution in [3.8, 4) is 0 Å². The molecule has 0 N–H and O–H groups in total. The summed E-state index contributed by atoms with van der Waals surface area (Å²) >= 11 is 0. The Labute approximate surface area is 67.6 Å². The maximum Gasteiger partial charge on any atom is 0.0394 e. The molecule has 0 radical (unpaired) electrons. The second-order valence-corrected chi connectivity index (χ2v) is 3.59. The Morgan fingerprint density at radius 2 is 2.20 bits per heavy atom. The van der Waals surface area contributed by atoms with Crippen molar-refractivity contribution in [1.82, 2.24) is 4.90 Å². The highest BCUT2D eigenvalue weighted by Crippen LogP contribution is 2.34. The number of likely N-dealkylation sites (tertiary alicyclic amines) is 1. The van der Waals surface area contributed by atoms with Crippen LogP contribution in [0, 0.1) is 5.92 Å². The lowest BCUT2D eigenvalue weighted by Crippen LogP contribution is -2.31. The highest BCUT2D eigenvalue weighted by molar-refractivity contribution is 4.87. The van der Waals surface area contributed by atoms with E-state index in [9.17, 15) is 0 Å². The van der Waals surface area contributed by atoms with Crippen LogP contribution in [0.3, 0.4) is 0 Å². The van der Waals surface area contributed by atoms with Crippen LogP contribution in [0.5, 0.6) is 0 Å². The van der Waals surface area contributed by atoms with Gasteiger partial charge in [-0.3, -0.25) is 0 Å². The van der Waals surface area contributed by atoms with E-state index in [1.807, 2.05) is 0 Å². The number of hydrogen-bond acceptors (Lipinski definition) is 1. The molecule has 2 rings (SSSR count). The van der Waals surface area contributed by atoms with Crippen LogP contribution < -0.4 is 0 Å². The maximum atomic E-state index is 7.41. The molecule has 0 unspecified atom stereocenters. The quantitative estimate of drug-likeness (QED) is 0.499. The molecule has 1 aliphatic carbocycles. The van der Waals surface area contributed by atoms with Gasteiger partial charge in [-0.1, -0.05) is 12.8 Å². The van der Waals surface area contributed by atoms with Gasteiger partial charge in [0.1, 0.15) is 0 Å². The van der Waals surface area contributed by atoms with E-state index in [1.54, 1.807) is 4.90 Å². The summed E-state index contributed by atoms with van der Waals surface area (Å²) < 4.78 is 22.2. The zero-order valence-corrected chi connectivity index (χ0v) is 6.34. The lowest BCUT2D eigenvalue weighted by atomic mass is 9.85. The summed E-state index contributed by atoms with van der Waals surface area (Å²) in [5.74, 6) is 0.675. The summed E-state index contributed by atoms with van der Waals surface area (Å²) in [6.07, 6.45) is 5.97. The number of fused-ring (bicyclic) bond motifs is 1. The first-order valence-electron chi connectivity index (χ1n) is 5.86. The van der Waals surface area contributed by atoms with Gasteiger partial charge in [-0.2, -0.15) is 0 Å².